The van der Waals surface area contributed by atoms with E-state index in [-0.39, 0.29) is 11.7 Å². The third kappa shape index (κ3) is 5.38. The van der Waals surface area contributed by atoms with Crippen LogP contribution in [0.4, 0.5) is 15.8 Å². The molecule has 4 rings (SSSR count). The minimum atomic E-state index is -0.292. The van der Waals surface area contributed by atoms with E-state index in [0.717, 1.165) is 33.8 Å². The monoisotopic (exact) mass is 472 g/mol. The Morgan fingerprint density at radius 3 is 2.44 bits per heavy atom. The number of benzene rings is 3. The standard InChI is InChI=1S/C27H25FN4OS/c1-17-8-13-25(14-18(17)2)30-27-32(26(16-34-27)21-9-11-23(28)12-10-21)31-19(3)22-6-5-7-24(15-22)29-20(4)33/h5-16H,1-4H3,(H,29,33)/b30-27?,31-19+. The number of hydrogen-bond donors (Lipinski definition) is 1. The predicted molar refractivity (Wildman–Crippen MR) is 137 cm³/mol. The normalized spacial score (nSPS) is 12.1. The van der Waals surface area contributed by atoms with E-state index in [1.807, 2.05) is 48.7 Å². The highest BCUT2D eigenvalue weighted by Crippen LogP contribution is 2.23. The highest BCUT2D eigenvalue weighted by Gasteiger charge is 2.10. The smallest absolute Gasteiger partial charge is 0.221 e. The zero-order valence-corrected chi connectivity index (χ0v) is 20.3. The molecule has 1 amide bonds. The van der Waals surface area contributed by atoms with Gasteiger partial charge in [-0.2, -0.15) is 5.10 Å². The van der Waals surface area contributed by atoms with Crippen LogP contribution in [0.25, 0.3) is 11.3 Å². The molecule has 172 valence electrons. The molecule has 0 radical (unpaired) electrons. The number of amides is 1. The highest BCUT2D eigenvalue weighted by molar-refractivity contribution is 7.07. The first-order valence-electron chi connectivity index (χ1n) is 10.8. The summed E-state index contributed by atoms with van der Waals surface area (Å²) >= 11 is 1.47. The maximum absolute atomic E-state index is 13.5. The molecular weight excluding hydrogens is 447 g/mol. The molecule has 0 aliphatic rings. The maximum Gasteiger partial charge on any atom is 0.221 e. The topological polar surface area (TPSA) is 58.8 Å². The molecule has 7 heteroatoms. The number of rotatable bonds is 5. The Kier molecular flexibility index (Phi) is 6.84. The third-order valence-corrected chi connectivity index (χ3v) is 6.21. The molecule has 0 saturated heterocycles. The van der Waals surface area contributed by atoms with E-state index in [1.165, 1.54) is 36.0 Å². The van der Waals surface area contributed by atoms with Crippen molar-refractivity contribution in [3.63, 3.8) is 0 Å². The summed E-state index contributed by atoms with van der Waals surface area (Å²) in [5.74, 6) is -0.424. The van der Waals surface area contributed by atoms with Gasteiger partial charge < -0.3 is 5.32 Å². The number of hydrogen-bond acceptors (Lipinski definition) is 4. The SMILES string of the molecule is CC(=O)Nc1cccc(/C(C)=N/n2c(-c3ccc(F)cc3)csc2=Nc2ccc(C)c(C)c2)c1. The van der Waals surface area contributed by atoms with E-state index in [4.69, 9.17) is 10.1 Å². The van der Waals surface area contributed by atoms with Gasteiger partial charge in [0.25, 0.3) is 0 Å². The number of halogens is 1. The minimum absolute atomic E-state index is 0.132. The molecule has 34 heavy (non-hydrogen) atoms. The van der Waals surface area contributed by atoms with E-state index in [0.29, 0.717) is 10.5 Å². The number of nitrogens with zero attached hydrogens (tertiary/aromatic N) is 3. The number of thiazole rings is 1. The van der Waals surface area contributed by atoms with Gasteiger partial charge in [-0.05, 0) is 86.0 Å². The summed E-state index contributed by atoms with van der Waals surface area (Å²) in [5.41, 5.74) is 7.17. The summed E-state index contributed by atoms with van der Waals surface area (Å²) in [6.07, 6.45) is 0. The van der Waals surface area contributed by atoms with Gasteiger partial charge in [-0.15, -0.1) is 11.3 Å². The Morgan fingerprint density at radius 2 is 1.74 bits per heavy atom. The summed E-state index contributed by atoms with van der Waals surface area (Å²) in [6, 6.07) is 19.9. The van der Waals surface area contributed by atoms with Gasteiger partial charge in [-0.3, -0.25) is 4.79 Å². The molecule has 0 bridgehead atoms. The molecule has 1 heterocycles. The molecule has 0 saturated carbocycles. The van der Waals surface area contributed by atoms with Gasteiger partial charge in [-0.25, -0.2) is 14.1 Å². The zero-order valence-electron chi connectivity index (χ0n) is 19.5. The third-order valence-electron chi connectivity index (χ3n) is 5.39. The summed E-state index contributed by atoms with van der Waals surface area (Å²) in [6.45, 7) is 7.51. The molecular formula is C27H25FN4OS. The molecule has 0 spiro atoms. The second kappa shape index (κ2) is 9.97. The zero-order chi connectivity index (χ0) is 24.2. The largest absolute Gasteiger partial charge is 0.326 e. The van der Waals surface area contributed by atoms with E-state index >= 15 is 0 Å². The van der Waals surface area contributed by atoms with Crippen LogP contribution in [0.1, 0.15) is 30.5 Å². The number of anilines is 1. The maximum atomic E-state index is 13.5. The molecule has 5 nitrogen and oxygen atoms in total. The second-order valence-corrected chi connectivity index (χ2v) is 8.89. The molecule has 0 aliphatic heterocycles. The van der Waals surface area contributed by atoms with Crippen LogP contribution in [0.3, 0.4) is 0 Å². The van der Waals surface area contributed by atoms with E-state index < -0.39 is 0 Å². The Labute approximate surface area is 202 Å². The van der Waals surface area contributed by atoms with Crippen molar-refractivity contribution < 1.29 is 9.18 Å². The summed E-state index contributed by atoms with van der Waals surface area (Å²) in [7, 11) is 0. The van der Waals surface area contributed by atoms with Gasteiger partial charge in [0.2, 0.25) is 10.7 Å². The van der Waals surface area contributed by atoms with E-state index in [1.54, 1.807) is 16.8 Å². The number of aryl methyl sites for hydroxylation is 2. The van der Waals surface area contributed by atoms with Gasteiger partial charge >= 0.3 is 0 Å². The molecule has 1 N–H and O–H groups in total. The van der Waals surface area contributed by atoms with Crippen molar-refractivity contribution in [3.05, 3.63) is 99.4 Å². The van der Waals surface area contributed by atoms with Gasteiger partial charge in [0.1, 0.15) is 5.82 Å². The van der Waals surface area contributed by atoms with Gasteiger partial charge in [0, 0.05) is 23.6 Å². The number of carbonyl (C=O) groups is 1. The second-order valence-electron chi connectivity index (χ2n) is 8.05. The van der Waals surface area contributed by atoms with Gasteiger partial charge in [0.15, 0.2) is 0 Å². The minimum Gasteiger partial charge on any atom is -0.326 e. The number of aromatic nitrogens is 1. The summed E-state index contributed by atoms with van der Waals surface area (Å²) in [5, 5.41) is 9.66. The fraction of sp³-hybridized carbons (Fsp3) is 0.148. The Morgan fingerprint density at radius 1 is 0.971 bits per heavy atom. The van der Waals surface area contributed by atoms with Crippen molar-refractivity contribution in [2.75, 3.05) is 5.32 Å². The van der Waals surface area contributed by atoms with Crippen LogP contribution in [0.2, 0.25) is 0 Å². The predicted octanol–water partition coefficient (Wildman–Crippen LogP) is 6.44. The van der Waals surface area contributed by atoms with Crippen LogP contribution in [-0.4, -0.2) is 16.3 Å². The van der Waals surface area contributed by atoms with E-state index in [2.05, 4.69) is 25.2 Å². The van der Waals surface area contributed by atoms with Crippen LogP contribution in [0.15, 0.2) is 82.2 Å². The van der Waals surface area contributed by atoms with Crippen molar-refractivity contribution in [2.24, 2.45) is 10.1 Å². The Hall–Kier alpha value is -3.84. The molecule has 1 aromatic heterocycles. The molecule has 0 atom stereocenters. The lowest BCUT2D eigenvalue weighted by Gasteiger charge is -2.08. The van der Waals surface area contributed by atoms with Gasteiger partial charge in [-0.1, -0.05) is 18.2 Å². The molecule has 0 fully saturated rings. The first kappa shape index (κ1) is 23.3. The fourth-order valence-electron chi connectivity index (χ4n) is 3.43. The highest BCUT2D eigenvalue weighted by atomic mass is 32.1. The average molecular weight is 473 g/mol. The van der Waals surface area contributed by atoms with Crippen LogP contribution in [0.5, 0.6) is 0 Å². The van der Waals surface area contributed by atoms with Crippen molar-refractivity contribution >= 4 is 34.3 Å². The Bertz CT molecular complexity index is 1450. The summed E-state index contributed by atoms with van der Waals surface area (Å²) < 4.78 is 15.3. The van der Waals surface area contributed by atoms with Crippen LogP contribution in [-0.2, 0) is 4.79 Å². The quantitative estimate of drug-likeness (QED) is 0.334. The van der Waals surface area contributed by atoms with Crippen molar-refractivity contribution in [1.29, 1.82) is 0 Å². The Balaban J connectivity index is 1.85. The first-order valence-corrected chi connectivity index (χ1v) is 11.7. The first-order chi connectivity index (χ1) is 16.3. The summed E-state index contributed by atoms with van der Waals surface area (Å²) in [4.78, 5) is 17.0. The number of nitrogens with one attached hydrogen (secondary N) is 1. The molecule has 4 aromatic rings. The molecule has 3 aromatic carbocycles. The van der Waals surface area contributed by atoms with Crippen molar-refractivity contribution in [2.45, 2.75) is 27.7 Å². The number of carbonyl (C=O) groups excluding carboxylic acids is 1. The average Bonchev–Trinajstić information content (AvgIpc) is 3.18. The molecule has 0 unspecified atom stereocenters. The lowest BCUT2D eigenvalue weighted by Crippen LogP contribution is -2.14. The van der Waals surface area contributed by atoms with Crippen molar-refractivity contribution in [1.82, 2.24) is 4.68 Å². The lowest BCUT2D eigenvalue weighted by atomic mass is 10.1. The van der Waals surface area contributed by atoms with Crippen LogP contribution in [0, 0.1) is 19.7 Å². The lowest BCUT2D eigenvalue weighted by molar-refractivity contribution is -0.114. The van der Waals surface area contributed by atoms with Crippen LogP contribution < -0.4 is 10.1 Å². The van der Waals surface area contributed by atoms with Crippen molar-refractivity contribution in [3.8, 4) is 11.3 Å². The van der Waals surface area contributed by atoms with Crippen LogP contribution >= 0.6 is 11.3 Å². The molecule has 0 aliphatic carbocycles. The fourth-order valence-corrected chi connectivity index (χ4v) is 4.28. The van der Waals surface area contributed by atoms with E-state index in [9.17, 15) is 9.18 Å². The van der Waals surface area contributed by atoms with Gasteiger partial charge in [0.05, 0.1) is 17.1 Å².